The Balaban J connectivity index is 2.32. The van der Waals surface area contributed by atoms with Gasteiger partial charge in [0.05, 0.1) is 12.7 Å². The summed E-state index contributed by atoms with van der Waals surface area (Å²) in [6, 6.07) is 3.76. The van der Waals surface area contributed by atoms with Crippen molar-refractivity contribution in [1.29, 1.82) is 0 Å². The molecule has 90 valence electrons. The maximum Gasteiger partial charge on any atom is 0.213 e. The summed E-state index contributed by atoms with van der Waals surface area (Å²) >= 11 is 0. The van der Waals surface area contributed by atoms with Crippen molar-refractivity contribution in [2.24, 2.45) is 5.73 Å². The van der Waals surface area contributed by atoms with Gasteiger partial charge in [-0.05, 0) is 26.3 Å². The average molecular weight is 224 g/mol. The molecular formula is C12H20N2O2. The number of nitrogens with zero attached hydrogens (tertiary/aromatic N) is 1. The smallest absolute Gasteiger partial charge is 0.213 e. The third-order valence-corrected chi connectivity index (χ3v) is 2.07. The van der Waals surface area contributed by atoms with Crippen molar-refractivity contribution in [3.63, 3.8) is 0 Å². The molecule has 0 saturated carbocycles. The van der Waals surface area contributed by atoms with Crippen LogP contribution in [0.1, 0.15) is 32.4 Å². The Hall–Kier alpha value is -1.13. The zero-order valence-corrected chi connectivity index (χ0v) is 10.1. The lowest BCUT2D eigenvalue weighted by Gasteiger charge is -2.09. The van der Waals surface area contributed by atoms with Crippen molar-refractivity contribution >= 4 is 0 Å². The van der Waals surface area contributed by atoms with Gasteiger partial charge in [-0.15, -0.1) is 0 Å². The molecule has 0 aromatic carbocycles. The van der Waals surface area contributed by atoms with Crippen LogP contribution in [0.5, 0.6) is 5.88 Å². The second kappa shape index (κ2) is 6.45. The summed E-state index contributed by atoms with van der Waals surface area (Å²) in [5, 5.41) is 0. The molecule has 0 amide bonds. The number of nitrogens with two attached hydrogens (primary N) is 1. The topological polar surface area (TPSA) is 57.4 Å². The quantitative estimate of drug-likeness (QED) is 0.750. The molecule has 1 heterocycles. The summed E-state index contributed by atoms with van der Waals surface area (Å²) in [5.74, 6) is 0.608. The van der Waals surface area contributed by atoms with E-state index >= 15 is 0 Å². The van der Waals surface area contributed by atoms with E-state index < -0.39 is 0 Å². The maximum absolute atomic E-state index is 5.72. The molecule has 1 atom stereocenters. The summed E-state index contributed by atoms with van der Waals surface area (Å²) in [4.78, 5) is 4.16. The zero-order chi connectivity index (χ0) is 12.0. The van der Waals surface area contributed by atoms with E-state index in [9.17, 15) is 0 Å². The van der Waals surface area contributed by atoms with Crippen LogP contribution in [0, 0.1) is 0 Å². The fourth-order valence-electron chi connectivity index (χ4n) is 1.18. The van der Waals surface area contributed by atoms with Gasteiger partial charge in [-0.25, -0.2) is 4.98 Å². The van der Waals surface area contributed by atoms with Crippen LogP contribution in [0.4, 0.5) is 0 Å². The van der Waals surface area contributed by atoms with Crippen molar-refractivity contribution < 1.29 is 9.47 Å². The molecule has 1 aromatic heterocycles. The molecule has 1 rings (SSSR count). The van der Waals surface area contributed by atoms with Gasteiger partial charge in [-0.2, -0.15) is 0 Å². The van der Waals surface area contributed by atoms with Crippen LogP contribution in [0.3, 0.4) is 0 Å². The molecule has 0 aliphatic carbocycles. The van der Waals surface area contributed by atoms with Crippen molar-refractivity contribution in [2.45, 2.75) is 32.9 Å². The normalized spacial score (nSPS) is 12.8. The molecular weight excluding hydrogens is 204 g/mol. The Morgan fingerprint density at radius 3 is 2.50 bits per heavy atom. The molecule has 0 unspecified atom stereocenters. The van der Waals surface area contributed by atoms with Gasteiger partial charge in [0.15, 0.2) is 0 Å². The Kier molecular flexibility index (Phi) is 5.22. The number of aromatic nitrogens is 1. The van der Waals surface area contributed by atoms with Crippen molar-refractivity contribution in [1.82, 2.24) is 4.98 Å². The SMILES string of the molecule is CC(C)OCCOc1ccc([C@H](C)N)cn1. The fraction of sp³-hybridized carbons (Fsp3) is 0.583. The first-order chi connectivity index (χ1) is 7.59. The number of hydrogen-bond donors (Lipinski definition) is 1. The van der Waals surface area contributed by atoms with Gasteiger partial charge in [0, 0.05) is 18.3 Å². The van der Waals surface area contributed by atoms with Crippen LogP contribution in [-0.2, 0) is 4.74 Å². The maximum atomic E-state index is 5.72. The van der Waals surface area contributed by atoms with Crippen LogP contribution in [0.2, 0.25) is 0 Å². The predicted octanol–water partition coefficient (Wildman–Crippen LogP) is 1.91. The summed E-state index contributed by atoms with van der Waals surface area (Å²) in [5.41, 5.74) is 6.72. The molecule has 4 heteroatoms. The molecule has 2 N–H and O–H groups in total. The molecule has 0 fully saturated rings. The van der Waals surface area contributed by atoms with Crippen LogP contribution in [0.25, 0.3) is 0 Å². The van der Waals surface area contributed by atoms with Crippen LogP contribution in [-0.4, -0.2) is 24.3 Å². The lowest BCUT2D eigenvalue weighted by Crippen LogP contribution is -2.12. The first-order valence-electron chi connectivity index (χ1n) is 5.55. The first-order valence-corrected chi connectivity index (χ1v) is 5.55. The van der Waals surface area contributed by atoms with E-state index in [1.807, 2.05) is 32.9 Å². The van der Waals surface area contributed by atoms with Crippen LogP contribution in [0.15, 0.2) is 18.3 Å². The van der Waals surface area contributed by atoms with E-state index in [0.717, 1.165) is 5.56 Å². The van der Waals surface area contributed by atoms with Gasteiger partial charge >= 0.3 is 0 Å². The molecule has 4 nitrogen and oxygen atoms in total. The summed E-state index contributed by atoms with van der Waals surface area (Å²) in [6.45, 7) is 7.01. The Morgan fingerprint density at radius 2 is 2.00 bits per heavy atom. The first kappa shape index (κ1) is 12.9. The van der Waals surface area contributed by atoms with E-state index in [1.54, 1.807) is 6.20 Å². The molecule has 0 radical (unpaired) electrons. The van der Waals surface area contributed by atoms with E-state index in [4.69, 9.17) is 15.2 Å². The van der Waals surface area contributed by atoms with Gasteiger partial charge in [0.25, 0.3) is 0 Å². The molecule has 0 bridgehead atoms. The van der Waals surface area contributed by atoms with E-state index in [-0.39, 0.29) is 12.1 Å². The Labute approximate surface area is 96.8 Å². The monoisotopic (exact) mass is 224 g/mol. The van der Waals surface area contributed by atoms with E-state index in [2.05, 4.69) is 4.98 Å². The molecule has 0 spiro atoms. The highest BCUT2D eigenvalue weighted by Crippen LogP contribution is 2.12. The van der Waals surface area contributed by atoms with E-state index in [1.165, 1.54) is 0 Å². The summed E-state index contributed by atoms with van der Waals surface area (Å²) in [7, 11) is 0. The van der Waals surface area contributed by atoms with Gasteiger partial charge in [0.1, 0.15) is 6.61 Å². The third kappa shape index (κ3) is 4.59. The third-order valence-electron chi connectivity index (χ3n) is 2.07. The number of pyridine rings is 1. The lowest BCUT2D eigenvalue weighted by atomic mass is 10.2. The molecule has 0 saturated heterocycles. The van der Waals surface area contributed by atoms with Crippen molar-refractivity contribution in [3.8, 4) is 5.88 Å². The zero-order valence-electron chi connectivity index (χ0n) is 10.1. The van der Waals surface area contributed by atoms with Gasteiger partial charge in [0.2, 0.25) is 5.88 Å². The second-order valence-corrected chi connectivity index (χ2v) is 3.99. The number of rotatable bonds is 6. The number of hydrogen-bond acceptors (Lipinski definition) is 4. The van der Waals surface area contributed by atoms with Crippen LogP contribution < -0.4 is 10.5 Å². The molecule has 0 aliphatic rings. The highest BCUT2D eigenvalue weighted by atomic mass is 16.5. The van der Waals surface area contributed by atoms with Gasteiger partial charge < -0.3 is 15.2 Å². The Bertz CT molecular complexity index is 296. The highest BCUT2D eigenvalue weighted by molar-refractivity contribution is 5.19. The second-order valence-electron chi connectivity index (χ2n) is 3.99. The minimum atomic E-state index is 0.00539. The fourth-order valence-corrected chi connectivity index (χ4v) is 1.18. The van der Waals surface area contributed by atoms with Crippen molar-refractivity contribution in [2.75, 3.05) is 13.2 Å². The van der Waals surface area contributed by atoms with Crippen molar-refractivity contribution in [3.05, 3.63) is 23.9 Å². The van der Waals surface area contributed by atoms with Crippen LogP contribution >= 0.6 is 0 Å². The van der Waals surface area contributed by atoms with E-state index in [0.29, 0.717) is 19.1 Å². The summed E-state index contributed by atoms with van der Waals surface area (Å²) in [6.07, 6.45) is 1.97. The van der Waals surface area contributed by atoms with Gasteiger partial charge in [-0.3, -0.25) is 0 Å². The van der Waals surface area contributed by atoms with Gasteiger partial charge in [-0.1, -0.05) is 6.07 Å². The largest absolute Gasteiger partial charge is 0.475 e. The highest BCUT2D eigenvalue weighted by Gasteiger charge is 2.01. The minimum absolute atomic E-state index is 0.00539. The Morgan fingerprint density at radius 1 is 1.25 bits per heavy atom. The number of ether oxygens (including phenoxy) is 2. The lowest BCUT2D eigenvalue weighted by molar-refractivity contribution is 0.0542. The molecule has 16 heavy (non-hydrogen) atoms. The average Bonchev–Trinajstić information content (AvgIpc) is 2.25. The molecule has 1 aromatic rings. The molecule has 0 aliphatic heterocycles. The summed E-state index contributed by atoms with van der Waals surface area (Å²) < 4.78 is 10.8. The minimum Gasteiger partial charge on any atom is -0.475 e. The standard InChI is InChI=1S/C12H20N2O2/c1-9(2)15-6-7-16-12-5-4-11(8-14-12)10(3)13/h4-5,8-10H,6-7,13H2,1-3H3/t10-/m0/s1. The predicted molar refractivity (Wildman–Crippen MR) is 63.4 cm³/mol.